The lowest BCUT2D eigenvalue weighted by Crippen LogP contribution is -1.91. The molecule has 5 heteroatoms. The van der Waals surface area contributed by atoms with E-state index < -0.39 is 0 Å². The van der Waals surface area contributed by atoms with E-state index in [4.69, 9.17) is 0 Å². The molecule has 76 valence electrons. The van der Waals surface area contributed by atoms with Gasteiger partial charge in [-0.05, 0) is 12.2 Å². The second-order valence-electron chi connectivity index (χ2n) is 2.32. The van der Waals surface area contributed by atoms with Gasteiger partial charge >= 0.3 is 0 Å². The number of rotatable bonds is 0. The Kier molecular flexibility index (Phi) is 5.97. The van der Waals surface area contributed by atoms with Crippen molar-refractivity contribution in [3.8, 4) is 0 Å². The highest BCUT2D eigenvalue weighted by molar-refractivity contribution is 5.82. The summed E-state index contributed by atoms with van der Waals surface area (Å²) < 4.78 is 0. The van der Waals surface area contributed by atoms with Crippen LogP contribution in [0.1, 0.15) is 0 Å². The highest BCUT2D eigenvalue weighted by Gasteiger charge is 1.68. The lowest BCUT2D eigenvalue weighted by molar-refractivity contribution is 0.968. The van der Waals surface area contributed by atoms with Crippen molar-refractivity contribution in [2.24, 2.45) is 20.1 Å². The zero-order valence-electron chi connectivity index (χ0n) is 8.06. The lowest BCUT2D eigenvalue weighted by Gasteiger charge is -1.83. The van der Waals surface area contributed by atoms with Crippen molar-refractivity contribution in [2.75, 3.05) is 0 Å². The Balaban J connectivity index is 2.62. The van der Waals surface area contributed by atoms with E-state index in [-0.39, 0.29) is 0 Å². The molecule has 0 aliphatic carbocycles. The molecular weight excluding hydrogens is 190 g/mol. The number of hydrogen-bond acceptors (Lipinski definition) is 5. The third-order valence-corrected chi connectivity index (χ3v) is 1.25. The topological polar surface area (TPSA) is 61.5 Å². The van der Waals surface area contributed by atoms with E-state index in [2.05, 4.69) is 25.5 Å². The number of nitrogens with one attached hydrogen (secondary N) is 1. The van der Waals surface area contributed by atoms with Crippen LogP contribution in [0, 0.1) is 0 Å². The number of hydrazone groups is 1. The molecule has 1 rings (SSSR count). The molecule has 0 radical (unpaired) electrons. The average Bonchev–Trinajstić information content (AvgIpc) is 2.27. The van der Waals surface area contributed by atoms with Gasteiger partial charge in [0.2, 0.25) is 0 Å². The Morgan fingerprint density at radius 3 is 2.27 bits per heavy atom. The molecule has 0 bridgehead atoms. The molecule has 1 aliphatic heterocycles. The highest BCUT2D eigenvalue weighted by atomic mass is 15.3. The zero-order valence-corrected chi connectivity index (χ0v) is 8.06. The molecule has 1 aliphatic rings. The van der Waals surface area contributed by atoms with Gasteiger partial charge in [-0.3, -0.25) is 5.43 Å². The normalized spacial score (nSPS) is 16.0. The van der Waals surface area contributed by atoms with E-state index >= 15 is 0 Å². The lowest BCUT2D eigenvalue weighted by atomic mass is 10.4. The van der Waals surface area contributed by atoms with Crippen LogP contribution in [0.2, 0.25) is 0 Å². The predicted molar refractivity (Wildman–Crippen MR) is 64.5 cm³/mol. The molecule has 0 saturated heterocycles. The quantitative estimate of drug-likeness (QED) is 0.630. The van der Waals surface area contributed by atoms with Crippen molar-refractivity contribution in [2.45, 2.75) is 0 Å². The zero-order chi connectivity index (χ0) is 10.6. The SMILES string of the molecule is C1=CC=NC=NC=CNN=CN=CC=C1. The monoisotopic (exact) mass is 201 g/mol. The van der Waals surface area contributed by atoms with Crippen LogP contribution in [-0.2, 0) is 0 Å². The number of allylic oxidation sites excluding steroid dienone is 4. The molecule has 1 N–H and O–H groups in total. The van der Waals surface area contributed by atoms with Gasteiger partial charge in [0.1, 0.15) is 12.7 Å². The Morgan fingerprint density at radius 2 is 1.47 bits per heavy atom. The van der Waals surface area contributed by atoms with Crippen LogP contribution in [-0.4, -0.2) is 25.1 Å². The maximum Gasteiger partial charge on any atom is 0.135 e. The van der Waals surface area contributed by atoms with Gasteiger partial charge in [0.15, 0.2) is 0 Å². The van der Waals surface area contributed by atoms with Gasteiger partial charge in [-0.15, -0.1) is 0 Å². The highest BCUT2D eigenvalue weighted by Crippen LogP contribution is 1.76. The second kappa shape index (κ2) is 8.31. The van der Waals surface area contributed by atoms with Crippen LogP contribution in [0.5, 0.6) is 0 Å². The fourth-order valence-corrected chi connectivity index (χ4v) is 0.667. The predicted octanol–water partition coefficient (Wildman–Crippen LogP) is 1.29. The van der Waals surface area contributed by atoms with Crippen molar-refractivity contribution >= 4 is 25.1 Å². The summed E-state index contributed by atoms with van der Waals surface area (Å²) in [7, 11) is 0. The van der Waals surface area contributed by atoms with Gasteiger partial charge in [0, 0.05) is 24.8 Å². The first-order valence-corrected chi connectivity index (χ1v) is 4.32. The Labute approximate surface area is 88.1 Å². The Bertz CT molecular complexity index is 324. The molecule has 0 spiro atoms. The largest absolute Gasteiger partial charge is 0.283 e. The van der Waals surface area contributed by atoms with Gasteiger partial charge in [0.05, 0.1) is 0 Å². The van der Waals surface area contributed by atoms with Gasteiger partial charge in [0.25, 0.3) is 0 Å². The molecular formula is C10H11N5. The van der Waals surface area contributed by atoms with E-state index in [1.807, 2.05) is 12.2 Å². The first-order chi connectivity index (χ1) is 7.50. The van der Waals surface area contributed by atoms with E-state index in [0.29, 0.717) is 0 Å². The fraction of sp³-hybridized carbons (Fsp3) is 0. The van der Waals surface area contributed by atoms with Crippen LogP contribution in [0.3, 0.4) is 0 Å². The molecule has 0 atom stereocenters. The van der Waals surface area contributed by atoms with Gasteiger partial charge in [-0.2, -0.15) is 5.10 Å². The third-order valence-electron chi connectivity index (χ3n) is 1.25. The van der Waals surface area contributed by atoms with Crippen molar-refractivity contribution < 1.29 is 0 Å². The Morgan fingerprint density at radius 1 is 0.733 bits per heavy atom. The van der Waals surface area contributed by atoms with E-state index in [1.54, 1.807) is 37.0 Å². The molecule has 15 heavy (non-hydrogen) atoms. The third kappa shape index (κ3) is 6.83. The fourth-order valence-electron chi connectivity index (χ4n) is 0.667. The molecule has 0 unspecified atom stereocenters. The van der Waals surface area contributed by atoms with Crippen LogP contribution < -0.4 is 5.43 Å². The number of hydrogen-bond donors (Lipinski definition) is 1. The summed E-state index contributed by atoms with van der Waals surface area (Å²) in [5.41, 5.74) is 2.62. The van der Waals surface area contributed by atoms with Crippen molar-refractivity contribution in [1.29, 1.82) is 0 Å². The minimum absolute atomic E-state index is 1.40. The van der Waals surface area contributed by atoms with E-state index in [1.165, 1.54) is 12.7 Å². The molecule has 1 heterocycles. The van der Waals surface area contributed by atoms with Gasteiger partial charge in [-0.1, -0.05) is 12.2 Å². The summed E-state index contributed by atoms with van der Waals surface area (Å²) in [5.74, 6) is 0. The van der Waals surface area contributed by atoms with E-state index in [0.717, 1.165) is 0 Å². The van der Waals surface area contributed by atoms with Crippen molar-refractivity contribution in [3.63, 3.8) is 0 Å². The molecule has 0 fully saturated rings. The molecule has 0 amide bonds. The van der Waals surface area contributed by atoms with Gasteiger partial charge < -0.3 is 0 Å². The van der Waals surface area contributed by atoms with Crippen LogP contribution in [0.4, 0.5) is 0 Å². The second-order valence-corrected chi connectivity index (χ2v) is 2.32. The van der Waals surface area contributed by atoms with Crippen molar-refractivity contribution in [3.05, 3.63) is 36.7 Å². The molecule has 0 aromatic carbocycles. The van der Waals surface area contributed by atoms with Crippen LogP contribution in [0.25, 0.3) is 0 Å². The van der Waals surface area contributed by atoms with E-state index in [9.17, 15) is 0 Å². The standard InChI is InChI=1S/C10H11N5/c1-2-4-6-12-10-15-14-8-7-13-9-11-5-3-1/h1-10,14H. The summed E-state index contributed by atoms with van der Waals surface area (Å²) >= 11 is 0. The summed E-state index contributed by atoms with van der Waals surface area (Å²) in [4.78, 5) is 11.6. The molecule has 5 nitrogen and oxygen atoms in total. The molecule has 0 aromatic rings. The number of aliphatic imine (C=N–C) groups is 3. The maximum atomic E-state index is 3.89. The van der Waals surface area contributed by atoms with Crippen molar-refractivity contribution in [1.82, 2.24) is 5.43 Å². The summed E-state index contributed by atoms with van der Waals surface area (Å²) in [6, 6.07) is 0. The minimum Gasteiger partial charge on any atom is -0.283 e. The summed E-state index contributed by atoms with van der Waals surface area (Å²) in [6.07, 6.45) is 16.5. The smallest absolute Gasteiger partial charge is 0.135 e. The average molecular weight is 201 g/mol. The molecule has 0 aromatic heterocycles. The van der Waals surface area contributed by atoms with Crippen LogP contribution >= 0.6 is 0 Å². The minimum atomic E-state index is 1.40. The first-order valence-electron chi connectivity index (χ1n) is 4.32. The Hall–Kier alpha value is -2.30. The molecule has 0 saturated carbocycles. The first kappa shape index (κ1) is 10.8. The van der Waals surface area contributed by atoms with Gasteiger partial charge in [-0.25, -0.2) is 15.0 Å². The maximum absolute atomic E-state index is 3.89. The summed E-state index contributed by atoms with van der Waals surface area (Å²) in [6.45, 7) is 0. The summed E-state index contributed by atoms with van der Waals surface area (Å²) in [5, 5.41) is 3.76. The number of nitrogens with zero attached hydrogens (tertiary/aromatic N) is 4. The van der Waals surface area contributed by atoms with Crippen LogP contribution in [0.15, 0.2) is 56.8 Å².